The van der Waals surface area contributed by atoms with Crippen LogP contribution in [-0.2, 0) is 18.4 Å². The number of anilines is 1. The molecule has 1 atom stereocenters. The first-order valence-electron chi connectivity index (χ1n) is 11.9. The van der Waals surface area contributed by atoms with Gasteiger partial charge >= 0.3 is 0 Å². The predicted molar refractivity (Wildman–Crippen MR) is 128 cm³/mol. The number of aryl methyl sites for hydroxylation is 3. The van der Waals surface area contributed by atoms with Crippen molar-refractivity contribution in [2.24, 2.45) is 13.0 Å². The molecule has 0 bridgehead atoms. The van der Waals surface area contributed by atoms with Crippen LogP contribution in [0, 0.1) is 12.8 Å². The smallest absolute Gasteiger partial charge is 0.270 e. The molecular weight excluding hydrogens is 432 g/mol. The van der Waals surface area contributed by atoms with Crippen LogP contribution in [0.25, 0.3) is 11.3 Å². The van der Waals surface area contributed by atoms with E-state index in [0.29, 0.717) is 18.1 Å². The van der Waals surface area contributed by atoms with Gasteiger partial charge in [-0.2, -0.15) is 5.10 Å². The van der Waals surface area contributed by atoms with Crippen molar-refractivity contribution < 1.29 is 9.59 Å². The lowest BCUT2D eigenvalue weighted by molar-refractivity contribution is -0.119. The molecule has 0 aromatic carbocycles. The van der Waals surface area contributed by atoms with Gasteiger partial charge in [0, 0.05) is 31.5 Å². The fourth-order valence-electron chi connectivity index (χ4n) is 4.70. The lowest BCUT2D eigenvalue weighted by atomic mass is 9.91. The number of hydrogen-bond donors (Lipinski definition) is 2. The summed E-state index contributed by atoms with van der Waals surface area (Å²) in [6.07, 6.45) is 9.55. The number of nitrogens with one attached hydrogen (secondary N) is 2. The largest absolute Gasteiger partial charge is 0.339 e. The van der Waals surface area contributed by atoms with Gasteiger partial charge in [0.2, 0.25) is 5.91 Å². The molecular formula is C24H32N8O2. The Hall–Kier alpha value is -3.56. The molecule has 2 N–H and O–H groups in total. The summed E-state index contributed by atoms with van der Waals surface area (Å²) in [7, 11) is 1.83. The maximum absolute atomic E-state index is 13.4. The van der Waals surface area contributed by atoms with E-state index in [1.54, 1.807) is 33.9 Å². The van der Waals surface area contributed by atoms with Gasteiger partial charge in [0.1, 0.15) is 17.6 Å². The van der Waals surface area contributed by atoms with Gasteiger partial charge < -0.3 is 10.6 Å². The second kappa shape index (κ2) is 10.6. The van der Waals surface area contributed by atoms with Gasteiger partial charge in [0.15, 0.2) is 0 Å². The molecule has 34 heavy (non-hydrogen) atoms. The maximum atomic E-state index is 13.4. The van der Waals surface area contributed by atoms with Gasteiger partial charge in [-0.1, -0.05) is 30.9 Å². The Bertz CT molecular complexity index is 1110. The van der Waals surface area contributed by atoms with Crippen LogP contribution in [0.4, 0.5) is 5.82 Å². The Morgan fingerprint density at radius 1 is 1.15 bits per heavy atom. The standard InChI is InChI=1S/C24H32N8O2/c1-4-32-19(13-14-26-32)23(33)28-21(17-9-7-5-6-8-10-17)24(34)27-20-12-11-18(15-25-20)22-16(2)29-30-31(22)3/h11-15,17,21H,4-10H2,1-3H3,(H,28,33)(H,25,27,34). The van der Waals surface area contributed by atoms with E-state index in [0.717, 1.165) is 55.5 Å². The summed E-state index contributed by atoms with van der Waals surface area (Å²) in [6.45, 7) is 4.40. The number of carbonyl (C=O) groups is 2. The van der Waals surface area contributed by atoms with Crippen LogP contribution in [0.1, 0.15) is 61.6 Å². The molecule has 3 aromatic rings. The molecule has 10 nitrogen and oxygen atoms in total. The topological polar surface area (TPSA) is 120 Å². The van der Waals surface area contributed by atoms with Crippen molar-refractivity contribution in [3.8, 4) is 11.3 Å². The van der Waals surface area contributed by atoms with E-state index < -0.39 is 6.04 Å². The van der Waals surface area contributed by atoms with E-state index in [1.807, 2.05) is 27.0 Å². The first kappa shape index (κ1) is 23.6. The molecule has 1 saturated carbocycles. The van der Waals surface area contributed by atoms with Gasteiger partial charge in [-0.15, -0.1) is 5.10 Å². The third-order valence-electron chi connectivity index (χ3n) is 6.47. The molecule has 3 heterocycles. The molecule has 3 aromatic heterocycles. The van der Waals surface area contributed by atoms with Gasteiger partial charge in [-0.05, 0) is 50.8 Å². The Labute approximate surface area is 199 Å². The molecule has 0 radical (unpaired) electrons. The Morgan fingerprint density at radius 3 is 2.53 bits per heavy atom. The van der Waals surface area contributed by atoms with E-state index in [2.05, 4.69) is 31.0 Å². The van der Waals surface area contributed by atoms with Crippen molar-refractivity contribution in [2.75, 3.05) is 5.32 Å². The summed E-state index contributed by atoms with van der Waals surface area (Å²) in [6, 6.07) is 4.68. The number of pyridine rings is 1. The Kier molecular flexibility index (Phi) is 7.34. The van der Waals surface area contributed by atoms with Crippen LogP contribution < -0.4 is 10.6 Å². The third-order valence-corrected chi connectivity index (χ3v) is 6.47. The summed E-state index contributed by atoms with van der Waals surface area (Å²) in [5, 5.41) is 18.2. The minimum atomic E-state index is -0.643. The van der Waals surface area contributed by atoms with E-state index in [1.165, 1.54) is 0 Å². The number of rotatable bonds is 7. The summed E-state index contributed by atoms with van der Waals surface area (Å²) < 4.78 is 3.33. The highest BCUT2D eigenvalue weighted by Crippen LogP contribution is 2.27. The second-order valence-electron chi connectivity index (χ2n) is 8.80. The fraction of sp³-hybridized carbons (Fsp3) is 0.500. The zero-order valence-corrected chi connectivity index (χ0v) is 20.0. The van der Waals surface area contributed by atoms with Crippen LogP contribution in [0.15, 0.2) is 30.6 Å². The number of nitrogens with zero attached hydrogens (tertiary/aromatic N) is 6. The lowest BCUT2D eigenvalue weighted by Crippen LogP contribution is -2.49. The van der Waals surface area contributed by atoms with Crippen molar-refractivity contribution in [3.63, 3.8) is 0 Å². The molecule has 0 saturated heterocycles. The van der Waals surface area contributed by atoms with Crippen LogP contribution in [-0.4, -0.2) is 47.6 Å². The summed E-state index contributed by atoms with van der Waals surface area (Å²) in [5.41, 5.74) is 3.01. The number of carbonyl (C=O) groups excluding carboxylic acids is 2. The van der Waals surface area contributed by atoms with Gasteiger partial charge in [-0.25, -0.2) is 9.67 Å². The Morgan fingerprint density at radius 2 is 1.91 bits per heavy atom. The molecule has 10 heteroatoms. The summed E-state index contributed by atoms with van der Waals surface area (Å²) >= 11 is 0. The number of aromatic nitrogens is 6. The van der Waals surface area contributed by atoms with Crippen molar-refractivity contribution in [2.45, 2.75) is 65.0 Å². The first-order valence-corrected chi connectivity index (χ1v) is 11.9. The van der Waals surface area contributed by atoms with Crippen LogP contribution >= 0.6 is 0 Å². The summed E-state index contributed by atoms with van der Waals surface area (Å²) in [4.78, 5) is 30.9. The molecule has 1 unspecified atom stereocenters. The zero-order valence-electron chi connectivity index (χ0n) is 20.0. The molecule has 2 amide bonds. The van der Waals surface area contributed by atoms with E-state index in [9.17, 15) is 9.59 Å². The van der Waals surface area contributed by atoms with E-state index >= 15 is 0 Å². The summed E-state index contributed by atoms with van der Waals surface area (Å²) in [5.74, 6) is -0.0208. The highest BCUT2D eigenvalue weighted by atomic mass is 16.2. The third kappa shape index (κ3) is 5.16. The van der Waals surface area contributed by atoms with Crippen molar-refractivity contribution >= 4 is 17.6 Å². The zero-order chi connectivity index (χ0) is 24.1. The number of amides is 2. The van der Waals surface area contributed by atoms with Crippen LogP contribution in [0.3, 0.4) is 0 Å². The molecule has 0 spiro atoms. The highest BCUT2D eigenvalue weighted by Gasteiger charge is 2.31. The monoisotopic (exact) mass is 464 g/mol. The second-order valence-corrected chi connectivity index (χ2v) is 8.80. The molecule has 1 fully saturated rings. The minimum Gasteiger partial charge on any atom is -0.339 e. The normalized spacial score (nSPS) is 15.5. The molecule has 4 rings (SSSR count). The quantitative estimate of drug-likeness (QED) is 0.519. The van der Waals surface area contributed by atoms with Crippen molar-refractivity contribution in [1.82, 2.24) is 35.1 Å². The number of hydrogen-bond acceptors (Lipinski definition) is 6. The fourth-order valence-corrected chi connectivity index (χ4v) is 4.70. The lowest BCUT2D eigenvalue weighted by Gasteiger charge is -2.26. The molecule has 0 aliphatic heterocycles. The minimum absolute atomic E-state index is 0.0758. The first-order chi connectivity index (χ1) is 16.5. The SMILES string of the molecule is CCn1nccc1C(=O)NC(C(=O)Nc1ccc(-c2c(C)nnn2C)cn1)C1CCCCCC1. The van der Waals surface area contributed by atoms with Gasteiger partial charge in [0.05, 0.1) is 11.4 Å². The van der Waals surface area contributed by atoms with E-state index in [-0.39, 0.29) is 17.7 Å². The predicted octanol–water partition coefficient (Wildman–Crippen LogP) is 3.11. The van der Waals surface area contributed by atoms with E-state index in [4.69, 9.17) is 0 Å². The molecule has 180 valence electrons. The van der Waals surface area contributed by atoms with Crippen molar-refractivity contribution in [3.05, 3.63) is 42.0 Å². The average Bonchev–Trinajstić information content (AvgIpc) is 3.34. The van der Waals surface area contributed by atoms with Crippen LogP contribution in [0.2, 0.25) is 0 Å². The maximum Gasteiger partial charge on any atom is 0.270 e. The Balaban J connectivity index is 1.52. The highest BCUT2D eigenvalue weighted by molar-refractivity contribution is 6.00. The van der Waals surface area contributed by atoms with Crippen LogP contribution in [0.5, 0.6) is 0 Å². The molecule has 1 aliphatic rings. The van der Waals surface area contributed by atoms with Gasteiger partial charge in [-0.3, -0.25) is 14.3 Å². The molecule has 1 aliphatic carbocycles. The van der Waals surface area contributed by atoms with Crippen molar-refractivity contribution in [1.29, 1.82) is 0 Å². The van der Waals surface area contributed by atoms with Gasteiger partial charge in [0.25, 0.3) is 5.91 Å². The average molecular weight is 465 g/mol.